The molecular formula is C36H50N4O2. The molecule has 0 spiro atoms. The Kier molecular flexibility index (Phi) is 14.2. The monoisotopic (exact) mass is 570 g/mol. The summed E-state index contributed by atoms with van der Waals surface area (Å²) in [5, 5.41) is 3.51. The maximum absolute atomic E-state index is 6.60. The van der Waals surface area contributed by atoms with Crippen molar-refractivity contribution >= 4 is 5.84 Å². The Bertz CT molecular complexity index is 1270. The molecule has 1 saturated heterocycles. The number of aliphatic imine (C=N–C) groups is 1. The summed E-state index contributed by atoms with van der Waals surface area (Å²) in [6.07, 6.45) is 24.0. The first-order valence-corrected chi connectivity index (χ1v) is 15.6. The SMILES string of the molecule is CC/C=C(/C=C\C(C)=C\CCC)CN=C(N/C=C/CCC)c1cc(-c2ncc(C)cn2)cc(OC2CCOCC2)c1C. The molecule has 0 unspecified atom stereocenters. The van der Waals surface area contributed by atoms with E-state index in [4.69, 9.17) is 14.5 Å². The Morgan fingerprint density at radius 2 is 1.76 bits per heavy atom. The number of unbranched alkanes of at least 4 members (excludes halogenated alkanes) is 2. The molecule has 2 aromatic rings. The topological polar surface area (TPSA) is 68.6 Å². The average molecular weight is 571 g/mol. The smallest absolute Gasteiger partial charge is 0.159 e. The van der Waals surface area contributed by atoms with Gasteiger partial charge in [0.2, 0.25) is 0 Å². The van der Waals surface area contributed by atoms with Crippen molar-refractivity contribution in [2.24, 2.45) is 4.99 Å². The molecule has 1 fully saturated rings. The summed E-state index contributed by atoms with van der Waals surface area (Å²) in [5.74, 6) is 2.31. The lowest BCUT2D eigenvalue weighted by Crippen LogP contribution is -2.27. The fraction of sp³-hybridized carbons (Fsp3) is 0.472. The zero-order valence-corrected chi connectivity index (χ0v) is 26.6. The van der Waals surface area contributed by atoms with E-state index >= 15 is 0 Å². The van der Waals surface area contributed by atoms with Crippen LogP contribution in [0, 0.1) is 13.8 Å². The first-order valence-electron chi connectivity index (χ1n) is 15.6. The Hall–Kier alpha value is -3.51. The molecule has 0 saturated carbocycles. The van der Waals surface area contributed by atoms with Crippen molar-refractivity contribution in [1.82, 2.24) is 15.3 Å². The standard InChI is InChI=1S/C36H50N4O2/c1-7-10-12-19-37-36(40-26-30(13-9-3)16-15-27(4)14-11-8-2)33-22-31(35-38-24-28(5)25-39-35)23-34(29(33)6)42-32-17-20-41-21-18-32/h12-16,19,22-25,32H,7-11,17-18,20-21,26H2,1-6H3,(H,37,40)/b16-15-,19-12+,27-14+,30-13-. The highest BCUT2D eigenvalue weighted by Crippen LogP contribution is 2.31. The largest absolute Gasteiger partial charge is 0.490 e. The quantitative estimate of drug-likeness (QED) is 0.140. The minimum Gasteiger partial charge on any atom is -0.490 e. The maximum atomic E-state index is 6.60. The van der Waals surface area contributed by atoms with Crippen molar-refractivity contribution in [3.63, 3.8) is 0 Å². The zero-order chi connectivity index (χ0) is 30.2. The molecule has 1 aromatic carbocycles. The van der Waals surface area contributed by atoms with E-state index in [-0.39, 0.29) is 6.10 Å². The van der Waals surface area contributed by atoms with Crippen LogP contribution in [0.2, 0.25) is 0 Å². The number of aryl methyl sites for hydroxylation is 1. The van der Waals surface area contributed by atoms with Crippen LogP contribution in [0.1, 0.15) is 89.3 Å². The average Bonchev–Trinajstić information content (AvgIpc) is 3.00. The number of rotatable bonds is 14. The number of nitrogens with zero attached hydrogens (tertiary/aromatic N) is 3. The van der Waals surface area contributed by atoms with Gasteiger partial charge in [-0.05, 0) is 69.5 Å². The van der Waals surface area contributed by atoms with Gasteiger partial charge in [-0.1, -0.05) is 69.6 Å². The van der Waals surface area contributed by atoms with Gasteiger partial charge in [0.1, 0.15) is 17.7 Å². The Labute approximate surface area is 253 Å². The molecule has 1 aromatic heterocycles. The number of aromatic nitrogens is 2. The second-order valence-corrected chi connectivity index (χ2v) is 10.9. The van der Waals surface area contributed by atoms with Crippen LogP contribution in [-0.4, -0.2) is 41.7 Å². The van der Waals surface area contributed by atoms with E-state index in [2.05, 4.69) is 92.4 Å². The lowest BCUT2D eigenvalue weighted by molar-refractivity contribution is 0.0253. The molecule has 42 heavy (non-hydrogen) atoms. The summed E-state index contributed by atoms with van der Waals surface area (Å²) in [6, 6.07) is 4.20. The van der Waals surface area contributed by atoms with E-state index in [1.54, 1.807) is 0 Å². The number of ether oxygens (including phenoxy) is 2. The predicted octanol–water partition coefficient (Wildman–Crippen LogP) is 8.61. The number of hydrogen-bond donors (Lipinski definition) is 1. The minimum absolute atomic E-state index is 0.116. The van der Waals surface area contributed by atoms with Crippen LogP contribution in [0.4, 0.5) is 0 Å². The van der Waals surface area contributed by atoms with Crippen LogP contribution in [0.5, 0.6) is 5.75 Å². The summed E-state index contributed by atoms with van der Waals surface area (Å²) in [7, 11) is 0. The second kappa shape index (κ2) is 18.1. The van der Waals surface area contributed by atoms with Gasteiger partial charge in [0.05, 0.1) is 19.8 Å². The molecule has 0 atom stereocenters. The number of allylic oxidation sites excluding steroid dienone is 5. The molecule has 226 valence electrons. The molecule has 1 N–H and O–H groups in total. The van der Waals surface area contributed by atoms with E-state index in [1.165, 1.54) is 11.1 Å². The summed E-state index contributed by atoms with van der Waals surface area (Å²) in [5.41, 5.74) is 6.43. The predicted molar refractivity (Wildman–Crippen MR) is 176 cm³/mol. The van der Waals surface area contributed by atoms with Gasteiger partial charge in [-0.25, -0.2) is 9.97 Å². The summed E-state index contributed by atoms with van der Waals surface area (Å²) in [6.45, 7) is 14.8. The molecule has 0 radical (unpaired) electrons. The highest BCUT2D eigenvalue weighted by atomic mass is 16.5. The number of amidine groups is 1. The van der Waals surface area contributed by atoms with Gasteiger partial charge in [0.15, 0.2) is 5.82 Å². The second-order valence-electron chi connectivity index (χ2n) is 10.9. The van der Waals surface area contributed by atoms with Crippen LogP contribution in [0.25, 0.3) is 11.4 Å². The normalized spacial score (nSPS) is 15.6. The van der Waals surface area contributed by atoms with E-state index in [9.17, 15) is 0 Å². The molecule has 0 bridgehead atoms. The maximum Gasteiger partial charge on any atom is 0.159 e. The van der Waals surface area contributed by atoms with Gasteiger partial charge in [-0.2, -0.15) is 0 Å². The van der Waals surface area contributed by atoms with Gasteiger partial charge < -0.3 is 14.8 Å². The lowest BCUT2D eigenvalue weighted by atomic mass is 10.0. The highest BCUT2D eigenvalue weighted by molar-refractivity contribution is 6.02. The fourth-order valence-electron chi connectivity index (χ4n) is 4.59. The Morgan fingerprint density at radius 1 is 1.02 bits per heavy atom. The zero-order valence-electron chi connectivity index (χ0n) is 26.6. The van der Waals surface area contributed by atoms with E-state index < -0.39 is 0 Å². The molecule has 1 aliphatic rings. The van der Waals surface area contributed by atoms with Crippen LogP contribution >= 0.6 is 0 Å². The summed E-state index contributed by atoms with van der Waals surface area (Å²) < 4.78 is 12.2. The van der Waals surface area contributed by atoms with Gasteiger partial charge in [-0.3, -0.25) is 4.99 Å². The van der Waals surface area contributed by atoms with E-state index in [0.717, 1.165) is 92.0 Å². The van der Waals surface area contributed by atoms with Gasteiger partial charge in [0, 0.05) is 41.9 Å². The third-order valence-electron chi connectivity index (χ3n) is 7.11. The van der Waals surface area contributed by atoms with E-state index in [1.807, 2.05) is 25.5 Å². The van der Waals surface area contributed by atoms with Crippen LogP contribution in [-0.2, 0) is 4.74 Å². The van der Waals surface area contributed by atoms with Gasteiger partial charge in [0.25, 0.3) is 0 Å². The van der Waals surface area contributed by atoms with Crippen molar-refractivity contribution in [3.05, 3.63) is 88.9 Å². The van der Waals surface area contributed by atoms with Crippen LogP contribution < -0.4 is 10.1 Å². The Balaban J connectivity index is 2.06. The first kappa shape index (κ1) is 33.0. The van der Waals surface area contributed by atoms with Gasteiger partial charge in [-0.15, -0.1) is 0 Å². The van der Waals surface area contributed by atoms with Crippen molar-refractivity contribution < 1.29 is 9.47 Å². The molecule has 1 aliphatic heterocycles. The molecule has 0 amide bonds. The van der Waals surface area contributed by atoms with Crippen molar-refractivity contribution in [2.75, 3.05) is 19.8 Å². The number of benzene rings is 1. The van der Waals surface area contributed by atoms with Crippen molar-refractivity contribution in [1.29, 1.82) is 0 Å². The molecule has 0 aliphatic carbocycles. The summed E-state index contributed by atoms with van der Waals surface area (Å²) >= 11 is 0. The molecular weight excluding hydrogens is 520 g/mol. The fourth-order valence-corrected chi connectivity index (χ4v) is 4.59. The minimum atomic E-state index is 0.116. The number of hydrogen-bond acceptors (Lipinski definition) is 5. The van der Waals surface area contributed by atoms with Gasteiger partial charge >= 0.3 is 0 Å². The molecule has 6 nitrogen and oxygen atoms in total. The summed E-state index contributed by atoms with van der Waals surface area (Å²) in [4.78, 5) is 14.4. The van der Waals surface area contributed by atoms with Crippen LogP contribution in [0.15, 0.2) is 77.2 Å². The third kappa shape index (κ3) is 10.7. The molecule has 3 rings (SSSR count). The Morgan fingerprint density at radius 3 is 2.45 bits per heavy atom. The molecule has 6 heteroatoms. The number of nitrogens with one attached hydrogen (secondary N) is 1. The van der Waals surface area contributed by atoms with Crippen molar-refractivity contribution in [3.8, 4) is 17.1 Å². The molecule has 2 heterocycles. The lowest BCUT2D eigenvalue weighted by Gasteiger charge is -2.25. The van der Waals surface area contributed by atoms with Crippen molar-refractivity contribution in [2.45, 2.75) is 92.6 Å². The highest BCUT2D eigenvalue weighted by Gasteiger charge is 2.20. The van der Waals surface area contributed by atoms with Crippen LogP contribution in [0.3, 0.4) is 0 Å². The van der Waals surface area contributed by atoms with E-state index in [0.29, 0.717) is 12.4 Å². The third-order valence-corrected chi connectivity index (χ3v) is 7.11. The first-order chi connectivity index (χ1) is 20.4.